The van der Waals surface area contributed by atoms with Gasteiger partial charge in [0.05, 0.1) is 37.9 Å². The Morgan fingerprint density at radius 3 is 3.05 bits per heavy atom. The van der Waals surface area contributed by atoms with Gasteiger partial charge in [0, 0.05) is 18.3 Å². The Morgan fingerprint density at radius 1 is 1.43 bits per heavy atom. The van der Waals surface area contributed by atoms with Crippen LogP contribution in [0.4, 0.5) is 5.69 Å². The van der Waals surface area contributed by atoms with Crippen molar-refractivity contribution >= 4 is 11.6 Å². The van der Waals surface area contributed by atoms with Crippen LogP contribution in [0.2, 0.25) is 0 Å². The van der Waals surface area contributed by atoms with Crippen molar-refractivity contribution in [1.29, 1.82) is 0 Å². The number of hydrogen-bond donors (Lipinski definition) is 1. The number of aromatic nitrogens is 2. The molecule has 1 atom stereocenters. The molecule has 1 aliphatic heterocycles. The lowest BCUT2D eigenvalue weighted by molar-refractivity contribution is 0.415. The van der Waals surface area contributed by atoms with Gasteiger partial charge in [0.1, 0.15) is 5.75 Å². The van der Waals surface area contributed by atoms with E-state index in [1.165, 1.54) is 0 Å². The summed E-state index contributed by atoms with van der Waals surface area (Å²) in [4.78, 5) is 10.7. The van der Waals surface area contributed by atoms with E-state index in [1.54, 1.807) is 7.11 Å². The zero-order valence-corrected chi connectivity index (χ0v) is 12.2. The van der Waals surface area contributed by atoms with Gasteiger partial charge in [0.25, 0.3) is 0 Å². The first-order chi connectivity index (χ1) is 10.2. The molecule has 1 aromatic heterocycles. The van der Waals surface area contributed by atoms with Crippen molar-refractivity contribution < 1.29 is 4.74 Å². The molecule has 2 N–H and O–H groups in total. The van der Waals surface area contributed by atoms with Crippen LogP contribution in [-0.2, 0) is 6.54 Å². The zero-order valence-electron chi connectivity index (χ0n) is 12.2. The number of hydrogen-bond acceptors (Lipinski definition) is 5. The molecule has 1 aliphatic rings. The van der Waals surface area contributed by atoms with Crippen LogP contribution in [0.5, 0.6) is 5.75 Å². The number of nitrogens with zero attached hydrogens (tertiary/aromatic N) is 4. The number of benzene rings is 1. The molecule has 0 saturated heterocycles. The average molecular weight is 285 g/mol. The Labute approximate surface area is 123 Å². The summed E-state index contributed by atoms with van der Waals surface area (Å²) >= 11 is 0. The zero-order chi connectivity index (χ0) is 14.8. The first-order valence-electron chi connectivity index (χ1n) is 6.97. The molecular formula is C15H19N5O. The first kappa shape index (κ1) is 13.5. The minimum absolute atomic E-state index is 0.0690. The molecule has 0 fully saturated rings. The number of aryl methyl sites for hydroxylation is 1. The summed E-state index contributed by atoms with van der Waals surface area (Å²) in [5, 5.41) is 0. The second-order valence-corrected chi connectivity index (χ2v) is 4.89. The van der Waals surface area contributed by atoms with Crippen LogP contribution < -0.4 is 15.4 Å². The highest BCUT2D eigenvalue weighted by Crippen LogP contribution is 2.32. The molecule has 2 aromatic rings. The van der Waals surface area contributed by atoms with Gasteiger partial charge in [-0.3, -0.25) is 4.99 Å². The van der Waals surface area contributed by atoms with E-state index in [-0.39, 0.29) is 6.04 Å². The Balaban J connectivity index is 1.99. The number of imidazole rings is 1. The van der Waals surface area contributed by atoms with Gasteiger partial charge >= 0.3 is 0 Å². The molecule has 3 rings (SSSR count). The maximum absolute atomic E-state index is 6.10. The van der Waals surface area contributed by atoms with Crippen molar-refractivity contribution in [2.75, 3.05) is 18.6 Å². The number of guanidine groups is 1. The van der Waals surface area contributed by atoms with E-state index in [1.807, 2.05) is 41.7 Å². The third-order valence-electron chi connectivity index (χ3n) is 3.74. The summed E-state index contributed by atoms with van der Waals surface area (Å²) in [5.74, 6) is 1.33. The molecule has 0 amide bonds. The maximum Gasteiger partial charge on any atom is 0.196 e. The van der Waals surface area contributed by atoms with Gasteiger partial charge < -0.3 is 19.9 Å². The molecule has 0 radical (unpaired) electrons. The fraction of sp³-hybridized carbons (Fsp3) is 0.333. The number of methoxy groups -OCH3 is 1. The molecule has 0 spiro atoms. The highest BCUT2D eigenvalue weighted by molar-refractivity contribution is 5.97. The van der Waals surface area contributed by atoms with Gasteiger partial charge in [-0.2, -0.15) is 0 Å². The number of aliphatic imine (C=N–C) groups is 1. The molecule has 2 heterocycles. The van der Waals surface area contributed by atoms with Gasteiger partial charge in [0.15, 0.2) is 5.96 Å². The minimum Gasteiger partial charge on any atom is -0.497 e. The predicted molar refractivity (Wildman–Crippen MR) is 82.6 cm³/mol. The van der Waals surface area contributed by atoms with Crippen LogP contribution in [0, 0.1) is 0 Å². The molecule has 0 aliphatic carbocycles. The molecular weight excluding hydrogens is 266 g/mol. The molecule has 6 nitrogen and oxygen atoms in total. The third kappa shape index (κ3) is 2.33. The van der Waals surface area contributed by atoms with Crippen molar-refractivity contribution in [3.8, 4) is 5.75 Å². The lowest BCUT2D eigenvalue weighted by atomic mass is 10.1. The third-order valence-corrected chi connectivity index (χ3v) is 3.74. The van der Waals surface area contributed by atoms with E-state index in [0.717, 1.165) is 23.7 Å². The lowest BCUT2D eigenvalue weighted by Gasteiger charge is -2.27. The van der Waals surface area contributed by atoms with E-state index >= 15 is 0 Å². The normalized spacial score (nSPS) is 17.9. The summed E-state index contributed by atoms with van der Waals surface area (Å²) in [6, 6.07) is 7.91. The highest BCUT2D eigenvalue weighted by Gasteiger charge is 2.31. The van der Waals surface area contributed by atoms with Crippen molar-refractivity contribution in [2.45, 2.75) is 19.5 Å². The lowest BCUT2D eigenvalue weighted by Crippen LogP contribution is -2.36. The fourth-order valence-corrected chi connectivity index (χ4v) is 2.67. The minimum atomic E-state index is 0.0690. The van der Waals surface area contributed by atoms with Gasteiger partial charge in [-0.05, 0) is 19.1 Å². The van der Waals surface area contributed by atoms with Crippen LogP contribution in [0.3, 0.4) is 0 Å². The van der Waals surface area contributed by atoms with E-state index < -0.39 is 0 Å². The van der Waals surface area contributed by atoms with Crippen molar-refractivity contribution in [3.05, 3.63) is 42.5 Å². The number of nitrogens with two attached hydrogens (primary N) is 1. The quantitative estimate of drug-likeness (QED) is 0.930. The summed E-state index contributed by atoms with van der Waals surface area (Å²) < 4.78 is 7.41. The van der Waals surface area contributed by atoms with Gasteiger partial charge in [-0.25, -0.2) is 4.98 Å². The molecule has 1 aromatic carbocycles. The van der Waals surface area contributed by atoms with E-state index in [0.29, 0.717) is 12.5 Å². The Morgan fingerprint density at radius 2 is 2.29 bits per heavy atom. The van der Waals surface area contributed by atoms with Gasteiger partial charge in [-0.1, -0.05) is 6.07 Å². The van der Waals surface area contributed by atoms with Crippen LogP contribution in [0.1, 0.15) is 18.7 Å². The van der Waals surface area contributed by atoms with Crippen LogP contribution in [0.15, 0.2) is 41.8 Å². The second kappa shape index (κ2) is 5.47. The number of rotatable bonds is 4. The molecule has 6 heteroatoms. The number of anilines is 1. The average Bonchev–Trinajstić information content (AvgIpc) is 3.13. The molecule has 0 bridgehead atoms. The predicted octanol–water partition coefficient (Wildman–Crippen LogP) is 1.79. The number of ether oxygens (including phenoxy) is 1. The topological polar surface area (TPSA) is 68.7 Å². The Hall–Kier alpha value is -2.50. The smallest absolute Gasteiger partial charge is 0.196 e. The van der Waals surface area contributed by atoms with E-state index in [9.17, 15) is 0 Å². The van der Waals surface area contributed by atoms with Crippen molar-refractivity contribution in [1.82, 2.24) is 9.55 Å². The van der Waals surface area contributed by atoms with Gasteiger partial charge in [-0.15, -0.1) is 0 Å². The summed E-state index contributed by atoms with van der Waals surface area (Å²) in [6.07, 6.45) is 3.73. The molecule has 0 saturated carbocycles. The maximum atomic E-state index is 6.10. The highest BCUT2D eigenvalue weighted by atomic mass is 16.5. The molecule has 1 unspecified atom stereocenters. The fourth-order valence-electron chi connectivity index (χ4n) is 2.67. The van der Waals surface area contributed by atoms with Crippen molar-refractivity contribution in [2.24, 2.45) is 10.7 Å². The SMILES string of the molecule is CCn1cncc1C1CN=C(N)N1c1cccc(OC)c1. The van der Waals surface area contributed by atoms with Crippen molar-refractivity contribution in [3.63, 3.8) is 0 Å². The molecule has 21 heavy (non-hydrogen) atoms. The Bertz CT molecular complexity index is 664. The second-order valence-electron chi connectivity index (χ2n) is 4.89. The summed E-state index contributed by atoms with van der Waals surface area (Å²) in [6.45, 7) is 3.60. The van der Waals surface area contributed by atoms with Crippen LogP contribution in [-0.4, -0.2) is 29.2 Å². The largest absolute Gasteiger partial charge is 0.497 e. The van der Waals surface area contributed by atoms with E-state index in [4.69, 9.17) is 10.5 Å². The van der Waals surface area contributed by atoms with Gasteiger partial charge in [0.2, 0.25) is 0 Å². The summed E-state index contributed by atoms with van der Waals surface area (Å²) in [5.41, 5.74) is 8.19. The first-order valence-corrected chi connectivity index (χ1v) is 6.97. The summed E-state index contributed by atoms with van der Waals surface area (Å²) in [7, 11) is 1.66. The van der Waals surface area contributed by atoms with Crippen LogP contribution >= 0.6 is 0 Å². The molecule has 110 valence electrons. The monoisotopic (exact) mass is 285 g/mol. The van der Waals surface area contributed by atoms with E-state index in [2.05, 4.69) is 21.5 Å². The van der Waals surface area contributed by atoms with Crippen LogP contribution in [0.25, 0.3) is 0 Å². The Kier molecular flexibility index (Phi) is 3.51. The standard InChI is InChI=1S/C15H19N5O/c1-3-19-10-17-8-13(19)14-9-18-15(16)20(14)11-5-4-6-12(7-11)21-2/h4-8,10,14H,3,9H2,1-2H3,(H2,16,18).